The van der Waals surface area contributed by atoms with Crippen molar-refractivity contribution in [1.82, 2.24) is 0 Å². The van der Waals surface area contributed by atoms with Gasteiger partial charge in [-0.15, -0.1) is 0 Å². The van der Waals surface area contributed by atoms with E-state index in [4.69, 9.17) is 4.74 Å². The summed E-state index contributed by atoms with van der Waals surface area (Å²) in [6, 6.07) is 13.0. The van der Waals surface area contributed by atoms with Crippen molar-refractivity contribution in [3.8, 4) is 23.3 Å². The van der Waals surface area contributed by atoms with Crippen molar-refractivity contribution in [1.29, 1.82) is 0 Å². The molecule has 2 aromatic carbocycles. The van der Waals surface area contributed by atoms with E-state index in [-0.39, 0.29) is 15.9 Å². The Labute approximate surface area is 156 Å². The summed E-state index contributed by atoms with van der Waals surface area (Å²) in [5.74, 6) is 5.31. The van der Waals surface area contributed by atoms with Gasteiger partial charge in [-0.2, -0.15) is 21.6 Å². The topological polar surface area (TPSA) is 52.6 Å². The molecule has 0 saturated carbocycles. The molecule has 0 unspecified atom stereocenters. The lowest BCUT2D eigenvalue weighted by atomic mass is 10.2. The van der Waals surface area contributed by atoms with Crippen molar-refractivity contribution in [2.45, 2.75) is 5.51 Å². The predicted molar refractivity (Wildman–Crippen MR) is 93.6 cm³/mol. The van der Waals surface area contributed by atoms with E-state index in [2.05, 4.69) is 16.0 Å². The Morgan fingerprint density at radius 1 is 1.00 bits per heavy atom. The molecular weight excluding hydrogens is 472 g/mol. The highest BCUT2D eigenvalue weighted by Gasteiger charge is 2.48. The molecule has 0 aliphatic rings. The summed E-state index contributed by atoms with van der Waals surface area (Å²) in [4.78, 5) is 0. The minimum atomic E-state index is -5.74. The molecule has 0 radical (unpaired) electrons. The number of ether oxygens (including phenoxy) is 1. The molecule has 0 aliphatic carbocycles. The van der Waals surface area contributed by atoms with Crippen LogP contribution in [0.15, 0.2) is 48.5 Å². The molecular formula is C16H10F3IO4S. The summed E-state index contributed by atoms with van der Waals surface area (Å²) in [7, 11) is -5.74. The summed E-state index contributed by atoms with van der Waals surface area (Å²) < 4.78 is 69.0. The molecule has 0 bridgehead atoms. The zero-order chi connectivity index (χ0) is 18.5. The standard InChI is InChI=1S/C16H10F3IO4S/c17-16(18,19)25(21,22)24-14-10-4-9-13(15(14)20)23-11-5-8-12-6-2-1-3-7-12/h1-4,6-7,9-10H,11H2. The first-order valence-electron chi connectivity index (χ1n) is 6.67. The third kappa shape index (κ3) is 5.27. The zero-order valence-electron chi connectivity index (χ0n) is 12.4. The van der Waals surface area contributed by atoms with Gasteiger partial charge in [0.05, 0.1) is 3.57 Å². The molecule has 0 spiro atoms. The van der Waals surface area contributed by atoms with Crippen molar-refractivity contribution in [2.75, 3.05) is 6.61 Å². The Morgan fingerprint density at radius 3 is 2.28 bits per heavy atom. The highest BCUT2D eigenvalue weighted by Crippen LogP contribution is 2.34. The Bertz CT molecular complexity index is 900. The molecule has 0 aromatic heterocycles. The third-order valence-corrected chi connectivity index (χ3v) is 4.75. The maximum atomic E-state index is 12.4. The van der Waals surface area contributed by atoms with Crippen molar-refractivity contribution in [3.05, 3.63) is 57.7 Å². The molecule has 0 heterocycles. The molecule has 0 amide bonds. The number of halogens is 4. The molecule has 0 fully saturated rings. The van der Waals surface area contributed by atoms with Gasteiger partial charge in [0.2, 0.25) is 0 Å². The van der Waals surface area contributed by atoms with E-state index < -0.39 is 21.4 Å². The average molecular weight is 482 g/mol. The van der Waals surface area contributed by atoms with Crippen LogP contribution in [0, 0.1) is 15.4 Å². The van der Waals surface area contributed by atoms with Gasteiger partial charge < -0.3 is 8.92 Å². The van der Waals surface area contributed by atoms with E-state index in [1.165, 1.54) is 12.1 Å². The summed E-state index contributed by atoms with van der Waals surface area (Å²) in [5.41, 5.74) is -4.72. The lowest BCUT2D eigenvalue weighted by Gasteiger charge is -2.12. The van der Waals surface area contributed by atoms with Gasteiger partial charge in [-0.05, 0) is 46.9 Å². The number of alkyl halides is 3. The van der Waals surface area contributed by atoms with Crippen LogP contribution < -0.4 is 8.92 Å². The van der Waals surface area contributed by atoms with E-state index in [0.717, 1.165) is 11.6 Å². The first-order valence-corrected chi connectivity index (χ1v) is 9.15. The van der Waals surface area contributed by atoms with E-state index >= 15 is 0 Å². The van der Waals surface area contributed by atoms with Gasteiger partial charge in [-0.1, -0.05) is 36.1 Å². The molecule has 132 valence electrons. The van der Waals surface area contributed by atoms with E-state index in [9.17, 15) is 21.6 Å². The normalized spacial score (nSPS) is 11.4. The first kappa shape index (κ1) is 19.4. The van der Waals surface area contributed by atoms with Crippen molar-refractivity contribution in [2.24, 2.45) is 0 Å². The number of hydrogen-bond acceptors (Lipinski definition) is 4. The average Bonchev–Trinajstić information content (AvgIpc) is 2.54. The van der Waals surface area contributed by atoms with E-state index in [0.29, 0.717) is 0 Å². The summed E-state index contributed by atoms with van der Waals surface area (Å²) in [5, 5.41) is 0. The molecule has 0 atom stereocenters. The smallest absolute Gasteiger partial charge is 0.480 e. The molecule has 0 N–H and O–H groups in total. The maximum Gasteiger partial charge on any atom is 0.534 e. The van der Waals surface area contributed by atoms with Crippen LogP contribution >= 0.6 is 22.6 Å². The van der Waals surface area contributed by atoms with Gasteiger partial charge in [0.1, 0.15) is 12.4 Å². The van der Waals surface area contributed by atoms with Gasteiger partial charge in [-0.25, -0.2) is 0 Å². The molecule has 25 heavy (non-hydrogen) atoms. The SMILES string of the molecule is O=S(=O)(Oc1cccc(OCC#Cc2ccccc2)c1I)C(F)(F)F. The van der Waals surface area contributed by atoms with Crippen LogP contribution in [0.4, 0.5) is 13.2 Å². The highest BCUT2D eigenvalue weighted by molar-refractivity contribution is 14.1. The van der Waals surface area contributed by atoms with Gasteiger partial charge in [0.15, 0.2) is 5.75 Å². The van der Waals surface area contributed by atoms with Crippen molar-refractivity contribution >= 4 is 32.7 Å². The van der Waals surface area contributed by atoms with Crippen LogP contribution in [0.25, 0.3) is 0 Å². The van der Waals surface area contributed by atoms with Gasteiger partial charge >= 0.3 is 15.6 Å². The van der Waals surface area contributed by atoms with Crippen molar-refractivity contribution < 1.29 is 30.5 Å². The lowest BCUT2D eigenvalue weighted by Crippen LogP contribution is -2.28. The van der Waals surface area contributed by atoms with Crippen LogP contribution in [0.2, 0.25) is 0 Å². The van der Waals surface area contributed by atoms with Crippen LogP contribution in [0.1, 0.15) is 5.56 Å². The molecule has 2 rings (SSSR count). The van der Waals surface area contributed by atoms with E-state index in [1.807, 2.05) is 30.3 Å². The zero-order valence-corrected chi connectivity index (χ0v) is 15.4. The summed E-state index contributed by atoms with van der Waals surface area (Å²) in [6.45, 7) is -0.0274. The molecule has 2 aromatic rings. The molecule has 0 saturated heterocycles. The minimum Gasteiger partial charge on any atom is -0.480 e. The molecule has 0 aliphatic heterocycles. The van der Waals surface area contributed by atoms with Crippen LogP contribution in [0.3, 0.4) is 0 Å². The van der Waals surface area contributed by atoms with Gasteiger partial charge in [-0.3, -0.25) is 0 Å². The predicted octanol–water partition coefficient (Wildman–Crippen LogP) is 3.95. The molecule has 9 heteroatoms. The lowest BCUT2D eigenvalue weighted by molar-refractivity contribution is -0.0500. The van der Waals surface area contributed by atoms with Crippen molar-refractivity contribution in [3.63, 3.8) is 0 Å². The largest absolute Gasteiger partial charge is 0.534 e. The number of benzene rings is 2. The fourth-order valence-electron chi connectivity index (χ4n) is 1.61. The fourth-order valence-corrected chi connectivity index (χ4v) is 2.85. The highest BCUT2D eigenvalue weighted by atomic mass is 127. The van der Waals surface area contributed by atoms with Gasteiger partial charge in [0, 0.05) is 5.56 Å². The summed E-state index contributed by atoms with van der Waals surface area (Å²) >= 11 is 1.64. The Morgan fingerprint density at radius 2 is 1.64 bits per heavy atom. The van der Waals surface area contributed by atoms with Crippen LogP contribution in [0.5, 0.6) is 11.5 Å². The second-order valence-electron chi connectivity index (χ2n) is 4.51. The second-order valence-corrected chi connectivity index (χ2v) is 7.12. The monoisotopic (exact) mass is 482 g/mol. The Kier molecular flexibility index (Phi) is 6.18. The minimum absolute atomic E-state index is 0.0274. The maximum absolute atomic E-state index is 12.4. The van der Waals surface area contributed by atoms with E-state index in [1.54, 1.807) is 22.6 Å². The van der Waals surface area contributed by atoms with Crippen LogP contribution in [-0.4, -0.2) is 20.5 Å². The quantitative estimate of drug-likeness (QED) is 0.287. The Hall–Kier alpha value is -1.93. The number of hydrogen-bond donors (Lipinski definition) is 0. The molecule has 4 nitrogen and oxygen atoms in total. The van der Waals surface area contributed by atoms with Gasteiger partial charge in [0.25, 0.3) is 0 Å². The second kappa shape index (κ2) is 7.97. The first-order chi connectivity index (χ1) is 11.7. The fraction of sp³-hybridized carbons (Fsp3) is 0.125. The third-order valence-electron chi connectivity index (χ3n) is 2.72. The number of rotatable bonds is 4. The summed E-state index contributed by atoms with van der Waals surface area (Å²) in [6.07, 6.45) is 0. The Balaban J connectivity index is 2.10. The van der Waals surface area contributed by atoms with Crippen LogP contribution in [-0.2, 0) is 10.1 Å².